The number of nitro groups is 1. The minimum Gasteiger partial charge on any atom is -0.444 e. The number of carbonyl (C=O) groups is 1. The van der Waals surface area contributed by atoms with E-state index in [1.807, 2.05) is 0 Å². The minimum absolute atomic E-state index is 0.0449. The number of rotatable bonds is 3. The molecule has 0 aliphatic heterocycles. The first-order valence-corrected chi connectivity index (χ1v) is 5.90. The van der Waals surface area contributed by atoms with Crippen molar-refractivity contribution in [3.63, 3.8) is 0 Å². The standard InChI is InChI=1S/C13H18N2O4/c1-9-5-6-10(7-11(9)15(17)18)8-14-12(16)19-13(2,3)4/h5-7H,8H2,1-4H3,(H,14,16). The molecule has 0 radical (unpaired) electrons. The Hall–Kier alpha value is -2.11. The first-order valence-electron chi connectivity index (χ1n) is 5.90. The monoisotopic (exact) mass is 266 g/mol. The van der Waals surface area contributed by atoms with Gasteiger partial charge in [-0.25, -0.2) is 4.79 Å². The molecule has 19 heavy (non-hydrogen) atoms. The summed E-state index contributed by atoms with van der Waals surface area (Å²) in [5.74, 6) is 0. The van der Waals surface area contributed by atoms with Crippen molar-refractivity contribution >= 4 is 11.8 Å². The molecular weight excluding hydrogens is 248 g/mol. The Labute approximate surface area is 111 Å². The Balaban J connectivity index is 2.66. The molecule has 6 heteroatoms. The number of amides is 1. The van der Waals surface area contributed by atoms with Crippen molar-refractivity contribution in [3.05, 3.63) is 39.4 Å². The number of ether oxygens (including phenoxy) is 1. The van der Waals surface area contributed by atoms with E-state index in [9.17, 15) is 14.9 Å². The summed E-state index contributed by atoms with van der Waals surface area (Å²) in [6.07, 6.45) is -0.546. The van der Waals surface area contributed by atoms with Crippen LogP contribution in [0.1, 0.15) is 31.9 Å². The highest BCUT2D eigenvalue weighted by Crippen LogP contribution is 2.19. The lowest BCUT2D eigenvalue weighted by Crippen LogP contribution is -2.32. The van der Waals surface area contributed by atoms with Crippen LogP contribution < -0.4 is 5.32 Å². The van der Waals surface area contributed by atoms with Gasteiger partial charge in [-0.15, -0.1) is 0 Å². The molecular formula is C13H18N2O4. The molecule has 0 atom stereocenters. The molecule has 0 unspecified atom stereocenters. The van der Waals surface area contributed by atoms with Gasteiger partial charge in [0.05, 0.1) is 4.92 Å². The van der Waals surface area contributed by atoms with E-state index in [4.69, 9.17) is 4.74 Å². The molecule has 1 aromatic carbocycles. The van der Waals surface area contributed by atoms with Crippen LogP contribution in [0.15, 0.2) is 18.2 Å². The fourth-order valence-corrected chi connectivity index (χ4v) is 1.45. The van der Waals surface area contributed by atoms with Crippen LogP contribution in [0.25, 0.3) is 0 Å². The molecule has 0 fully saturated rings. The highest BCUT2D eigenvalue weighted by molar-refractivity contribution is 5.67. The second-order valence-corrected chi connectivity index (χ2v) is 5.23. The third kappa shape index (κ3) is 4.95. The van der Waals surface area contributed by atoms with Crippen LogP contribution in [0.5, 0.6) is 0 Å². The summed E-state index contributed by atoms with van der Waals surface area (Å²) < 4.78 is 5.08. The van der Waals surface area contributed by atoms with E-state index in [0.29, 0.717) is 11.1 Å². The van der Waals surface area contributed by atoms with Gasteiger partial charge in [0, 0.05) is 18.2 Å². The van der Waals surface area contributed by atoms with Crippen LogP contribution in [0.4, 0.5) is 10.5 Å². The van der Waals surface area contributed by atoms with Crippen molar-refractivity contribution in [2.45, 2.75) is 39.8 Å². The topological polar surface area (TPSA) is 81.5 Å². The number of nitrogens with one attached hydrogen (secondary N) is 1. The zero-order chi connectivity index (χ0) is 14.6. The Morgan fingerprint density at radius 2 is 2.05 bits per heavy atom. The zero-order valence-corrected chi connectivity index (χ0v) is 11.5. The smallest absolute Gasteiger partial charge is 0.407 e. The summed E-state index contributed by atoms with van der Waals surface area (Å²) in [6.45, 7) is 7.16. The summed E-state index contributed by atoms with van der Waals surface area (Å²) in [5.41, 5.74) is 0.723. The lowest BCUT2D eigenvalue weighted by Gasteiger charge is -2.19. The van der Waals surface area contributed by atoms with Gasteiger partial charge in [0.25, 0.3) is 5.69 Å². The van der Waals surface area contributed by atoms with E-state index in [1.165, 1.54) is 6.07 Å². The second kappa shape index (κ2) is 5.69. The van der Waals surface area contributed by atoms with Crippen LogP contribution in [0.3, 0.4) is 0 Å². The Kier molecular flexibility index (Phi) is 4.47. The largest absolute Gasteiger partial charge is 0.444 e. The first kappa shape index (κ1) is 14.9. The minimum atomic E-state index is -0.566. The molecule has 1 rings (SSSR count). The van der Waals surface area contributed by atoms with Crippen molar-refractivity contribution in [2.75, 3.05) is 0 Å². The average molecular weight is 266 g/mol. The maximum Gasteiger partial charge on any atom is 0.407 e. The van der Waals surface area contributed by atoms with E-state index in [0.717, 1.165) is 0 Å². The van der Waals surface area contributed by atoms with Gasteiger partial charge in [-0.3, -0.25) is 10.1 Å². The van der Waals surface area contributed by atoms with Crippen molar-refractivity contribution in [1.29, 1.82) is 0 Å². The van der Waals surface area contributed by atoms with E-state index in [2.05, 4.69) is 5.32 Å². The number of hydrogen-bond acceptors (Lipinski definition) is 4. The average Bonchev–Trinajstić information content (AvgIpc) is 2.25. The van der Waals surface area contributed by atoms with Gasteiger partial charge < -0.3 is 10.1 Å². The molecule has 104 valence electrons. The molecule has 0 aliphatic carbocycles. The normalized spacial score (nSPS) is 10.9. The number of benzene rings is 1. The molecule has 0 aliphatic rings. The van der Waals surface area contributed by atoms with E-state index in [-0.39, 0.29) is 12.2 Å². The lowest BCUT2D eigenvalue weighted by molar-refractivity contribution is -0.385. The van der Waals surface area contributed by atoms with Gasteiger partial charge >= 0.3 is 6.09 Å². The SMILES string of the molecule is Cc1ccc(CNC(=O)OC(C)(C)C)cc1[N+](=O)[O-]. The van der Waals surface area contributed by atoms with Crippen molar-refractivity contribution < 1.29 is 14.5 Å². The molecule has 0 saturated heterocycles. The van der Waals surface area contributed by atoms with Gasteiger partial charge in [0.15, 0.2) is 0 Å². The summed E-state index contributed by atoms with van der Waals surface area (Å²) in [7, 11) is 0. The predicted octanol–water partition coefficient (Wildman–Crippen LogP) is 2.93. The first-order chi connectivity index (χ1) is 8.69. The van der Waals surface area contributed by atoms with Crippen molar-refractivity contribution in [3.8, 4) is 0 Å². The van der Waals surface area contributed by atoms with Gasteiger partial charge in [0.1, 0.15) is 5.60 Å². The molecule has 0 bridgehead atoms. The highest BCUT2D eigenvalue weighted by Gasteiger charge is 2.16. The third-order valence-corrected chi connectivity index (χ3v) is 2.31. The molecule has 0 aromatic heterocycles. The summed E-state index contributed by atoms with van der Waals surface area (Å²) in [4.78, 5) is 21.8. The van der Waals surface area contributed by atoms with Gasteiger partial charge in [-0.2, -0.15) is 0 Å². The maximum absolute atomic E-state index is 11.5. The van der Waals surface area contributed by atoms with Crippen LogP contribution >= 0.6 is 0 Å². The maximum atomic E-state index is 11.5. The summed E-state index contributed by atoms with van der Waals surface area (Å²) in [5, 5.41) is 13.4. The molecule has 1 N–H and O–H groups in total. The van der Waals surface area contributed by atoms with E-state index >= 15 is 0 Å². The molecule has 0 saturated carbocycles. The Morgan fingerprint density at radius 1 is 1.42 bits per heavy atom. The number of aryl methyl sites for hydroxylation is 1. The Morgan fingerprint density at radius 3 is 2.58 bits per heavy atom. The molecule has 6 nitrogen and oxygen atoms in total. The zero-order valence-electron chi connectivity index (χ0n) is 11.5. The number of alkyl carbamates (subject to hydrolysis) is 1. The third-order valence-electron chi connectivity index (χ3n) is 2.31. The van der Waals surface area contributed by atoms with Crippen LogP contribution in [-0.2, 0) is 11.3 Å². The van der Waals surface area contributed by atoms with Crippen LogP contribution in [-0.4, -0.2) is 16.6 Å². The van der Waals surface area contributed by atoms with Gasteiger partial charge in [-0.1, -0.05) is 12.1 Å². The number of hydrogen-bond donors (Lipinski definition) is 1. The lowest BCUT2D eigenvalue weighted by atomic mass is 10.1. The molecule has 0 spiro atoms. The van der Waals surface area contributed by atoms with Crippen LogP contribution in [0.2, 0.25) is 0 Å². The van der Waals surface area contributed by atoms with E-state index in [1.54, 1.807) is 39.8 Å². The number of nitro benzene ring substituents is 1. The molecule has 0 heterocycles. The summed E-state index contributed by atoms with van der Waals surface area (Å²) in [6, 6.07) is 4.84. The fraction of sp³-hybridized carbons (Fsp3) is 0.462. The van der Waals surface area contributed by atoms with Crippen molar-refractivity contribution in [2.24, 2.45) is 0 Å². The predicted molar refractivity (Wildman–Crippen MR) is 70.9 cm³/mol. The van der Waals surface area contributed by atoms with Crippen molar-refractivity contribution in [1.82, 2.24) is 5.32 Å². The molecule has 1 aromatic rings. The quantitative estimate of drug-likeness (QED) is 0.673. The Bertz CT molecular complexity index is 492. The fourth-order valence-electron chi connectivity index (χ4n) is 1.45. The second-order valence-electron chi connectivity index (χ2n) is 5.23. The summed E-state index contributed by atoms with van der Waals surface area (Å²) >= 11 is 0. The number of carbonyl (C=O) groups excluding carboxylic acids is 1. The molecule has 1 amide bonds. The van der Waals surface area contributed by atoms with Gasteiger partial charge in [0.2, 0.25) is 0 Å². The van der Waals surface area contributed by atoms with E-state index < -0.39 is 16.6 Å². The number of nitrogens with zero attached hydrogens (tertiary/aromatic N) is 1. The van der Waals surface area contributed by atoms with Gasteiger partial charge in [-0.05, 0) is 33.3 Å². The van der Waals surface area contributed by atoms with Crippen LogP contribution in [0, 0.1) is 17.0 Å². The highest BCUT2D eigenvalue weighted by atomic mass is 16.6.